The highest BCUT2D eigenvalue weighted by molar-refractivity contribution is 6.27. The van der Waals surface area contributed by atoms with Gasteiger partial charge in [-0.2, -0.15) is 0 Å². The lowest BCUT2D eigenvalue weighted by Gasteiger charge is -2.32. The normalized spacial score (nSPS) is 20.1. The molecule has 6 heteroatoms. The van der Waals surface area contributed by atoms with Gasteiger partial charge in [0.25, 0.3) is 0 Å². The number of hydrogen-bond donors (Lipinski definition) is 1. The number of piperidine rings is 1. The summed E-state index contributed by atoms with van der Waals surface area (Å²) in [5.41, 5.74) is 0. The smallest absolute Gasteiger partial charge is 0.235 e. The van der Waals surface area contributed by atoms with E-state index in [9.17, 15) is 4.79 Å². The van der Waals surface area contributed by atoms with Crippen LogP contribution in [0.1, 0.15) is 12.8 Å². The van der Waals surface area contributed by atoms with Gasteiger partial charge in [0.15, 0.2) is 0 Å². The molecule has 1 aliphatic heterocycles. The molecule has 5 nitrogen and oxygen atoms in total. The third kappa shape index (κ3) is 3.30. The van der Waals surface area contributed by atoms with Gasteiger partial charge in [0, 0.05) is 31.5 Å². The number of nitrogens with zero attached hydrogens (tertiary/aromatic N) is 3. The fraction of sp³-hybridized carbons (Fsp3) is 0.545. The molecule has 1 aromatic heterocycles. The number of carbonyl (C=O) groups is 1. The third-order valence-electron chi connectivity index (χ3n) is 2.74. The number of halogens is 1. The third-order valence-corrected chi connectivity index (χ3v) is 2.99. The van der Waals surface area contributed by atoms with Gasteiger partial charge in [-0.3, -0.25) is 4.79 Å². The van der Waals surface area contributed by atoms with Crippen LogP contribution in [0.5, 0.6) is 0 Å². The Morgan fingerprint density at radius 3 is 3.00 bits per heavy atom. The minimum atomic E-state index is -0.118. The molecule has 0 saturated carbocycles. The Morgan fingerprint density at radius 2 is 2.29 bits per heavy atom. The van der Waals surface area contributed by atoms with Crippen molar-refractivity contribution in [3.8, 4) is 0 Å². The van der Waals surface area contributed by atoms with Crippen LogP contribution >= 0.6 is 11.6 Å². The van der Waals surface area contributed by atoms with Crippen LogP contribution in [-0.4, -0.2) is 40.9 Å². The number of amides is 1. The van der Waals surface area contributed by atoms with Crippen molar-refractivity contribution in [2.24, 2.45) is 0 Å². The Hall–Kier alpha value is -1.36. The number of alkyl halides is 1. The predicted octanol–water partition coefficient (Wildman–Crippen LogP) is 0.800. The van der Waals surface area contributed by atoms with E-state index in [4.69, 9.17) is 11.6 Å². The molecule has 2 rings (SSSR count). The van der Waals surface area contributed by atoms with Crippen LogP contribution in [0.25, 0.3) is 0 Å². The second-order valence-corrected chi connectivity index (χ2v) is 4.30. The zero-order valence-electron chi connectivity index (χ0n) is 9.47. The molecule has 0 bridgehead atoms. The maximum Gasteiger partial charge on any atom is 0.235 e. The lowest BCUT2D eigenvalue weighted by atomic mass is 10.1. The van der Waals surface area contributed by atoms with Gasteiger partial charge in [0.2, 0.25) is 11.9 Å². The van der Waals surface area contributed by atoms with Crippen molar-refractivity contribution in [1.29, 1.82) is 0 Å². The Labute approximate surface area is 105 Å². The monoisotopic (exact) mass is 254 g/mol. The summed E-state index contributed by atoms with van der Waals surface area (Å²) >= 11 is 5.47. The van der Waals surface area contributed by atoms with Gasteiger partial charge in [-0.05, 0) is 18.9 Å². The fourth-order valence-corrected chi connectivity index (χ4v) is 2.07. The summed E-state index contributed by atoms with van der Waals surface area (Å²) in [4.78, 5) is 21.7. The average Bonchev–Trinajstić information content (AvgIpc) is 2.40. The molecule has 0 aromatic carbocycles. The van der Waals surface area contributed by atoms with E-state index in [0.717, 1.165) is 31.9 Å². The van der Waals surface area contributed by atoms with Crippen LogP contribution < -0.4 is 10.2 Å². The van der Waals surface area contributed by atoms with E-state index < -0.39 is 0 Å². The zero-order valence-corrected chi connectivity index (χ0v) is 10.2. The lowest BCUT2D eigenvalue weighted by molar-refractivity contribution is -0.119. The quantitative estimate of drug-likeness (QED) is 0.811. The van der Waals surface area contributed by atoms with E-state index in [2.05, 4.69) is 20.2 Å². The van der Waals surface area contributed by atoms with Gasteiger partial charge in [-0.1, -0.05) is 0 Å². The van der Waals surface area contributed by atoms with Crippen molar-refractivity contribution in [1.82, 2.24) is 15.3 Å². The van der Waals surface area contributed by atoms with Crippen LogP contribution in [-0.2, 0) is 4.79 Å². The largest absolute Gasteiger partial charge is 0.351 e. The maximum absolute atomic E-state index is 11.2. The van der Waals surface area contributed by atoms with E-state index >= 15 is 0 Å². The highest BCUT2D eigenvalue weighted by atomic mass is 35.5. The zero-order chi connectivity index (χ0) is 12.1. The maximum atomic E-state index is 11.2. The average molecular weight is 255 g/mol. The second kappa shape index (κ2) is 5.82. The second-order valence-electron chi connectivity index (χ2n) is 4.04. The first-order valence-electron chi connectivity index (χ1n) is 5.67. The van der Waals surface area contributed by atoms with E-state index in [0.29, 0.717) is 0 Å². The van der Waals surface area contributed by atoms with E-state index in [1.54, 1.807) is 18.5 Å². The summed E-state index contributed by atoms with van der Waals surface area (Å²) in [6.07, 6.45) is 5.45. The molecule has 0 radical (unpaired) electrons. The van der Waals surface area contributed by atoms with Crippen LogP contribution in [0.15, 0.2) is 18.5 Å². The highest BCUT2D eigenvalue weighted by Gasteiger charge is 2.22. The van der Waals surface area contributed by atoms with Gasteiger partial charge in [0.05, 0.1) is 0 Å². The minimum absolute atomic E-state index is 0.0122. The molecular weight excluding hydrogens is 240 g/mol. The van der Waals surface area contributed by atoms with Crippen molar-refractivity contribution in [3.05, 3.63) is 18.5 Å². The summed E-state index contributed by atoms with van der Waals surface area (Å²) in [6, 6.07) is 1.93. The predicted molar refractivity (Wildman–Crippen MR) is 66.1 cm³/mol. The lowest BCUT2D eigenvalue weighted by Crippen LogP contribution is -2.48. The van der Waals surface area contributed by atoms with Gasteiger partial charge in [0.1, 0.15) is 5.88 Å². The standard InChI is InChI=1S/C11H15ClN4O/c12-7-10(17)15-9-3-1-6-16(8-9)11-13-4-2-5-14-11/h2,4-5,9H,1,3,6-8H2,(H,15,17). The molecule has 92 valence electrons. The van der Waals surface area contributed by atoms with Crippen LogP contribution in [0.3, 0.4) is 0 Å². The fourth-order valence-electron chi connectivity index (χ4n) is 2.00. The molecule has 1 aliphatic rings. The molecular formula is C11H15ClN4O. The number of aromatic nitrogens is 2. The molecule has 1 atom stereocenters. The van der Waals surface area contributed by atoms with Crippen molar-refractivity contribution >= 4 is 23.5 Å². The molecule has 1 saturated heterocycles. The van der Waals surface area contributed by atoms with E-state index in [1.807, 2.05) is 0 Å². The van der Waals surface area contributed by atoms with Crippen molar-refractivity contribution < 1.29 is 4.79 Å². The Morgan fingerprint density at radius 1 is 1.53 bits per heavy atom. The Balaban J connectivity index is 1.95. The highest BCUT2D eigenvalue weighted by Crippen LogP contribution is 2.15. The number of hydrogen-bond acceptors (Lipinski definition) is 4. The molecule has 1 aromatic rings. The van der Waals surface area contributed by atoms with E-state index in [-0.39, 0.29) is 17.8 Å². The summed E-state index contributed by atoms with van der Waals surface area (Å²) in [5, 5.41) is 2.90. The van der Waals surface area contributed by atoms with Crippen LogP contribution in [0.4, 0.5) is 5.95 Å². The van der Waals surface area contributed by atoms with Crippen molar-refractivity contribution in [3.63, 3.8) is 0 Å². The minimum Gasteiger partial charge on any atom is -0.351 e. The number of rotatable bonds is 3. The summed E-state index contributed by atoms with van der Waals surface area (Å²) in [5.74, 6) is 0.614. The molecule has 1 amide bonds. The first-order valence-corrected chi connectivity index (χ1v) is 6.20. The number of nitrogens with one attached hydrogen (secondary N) is 1. The van der Waals surface area contributed by atoms with Gasteiger partial charge < -0.3 is 10.2 Å². The Bertz CT molecular complexity index is 373. The number of carbonyl (C=O) groups excluding carboxylic acids is 1. The summed E-state index contributed by atoms with van der Waals surface area (Å²) in [6.45, 7) is 1.67. The Kier molecular flexibility index (Phi) is 4.14. The summed E-state index contributed by atoms with van der Waals surface area (Å²) < 4.78 is 0. The van der Waals surface area contributed by atoms with Crippen molar-refractivity contribution in [2.45, 2.75) is 18.9 Å². The van der Waals surface area contributed by atoms with Crippen molar-refractivity contribution in [2.75, 3.05) is 23.9 Å². The molecule has 1 N–H and O–H groups in total. The topological polar surface area (TPSA) is 58.1 Å². The molecule has 2 heterocycles. The molecule has 1 fully saturated rings. The first-order chi connectivity index (χ1) is 8.29. The van der Waals surface area contributed by atoms with Crippen LogP contribution in [0.2, 0.25) is 0 Å². The first kappa shape index (κ1) is 12.1. The van der Waals surface area contributed by atoms with Gasteiger partial charge in [-0.25, -0.2) is 9.97 Å². The molecule has 1 unspecified atom stereocenters. The van der Waals surface area contributed by atoms with Crippen LogP contribution in [0, 0.1) is 0 Å². The SMILES string of the molecule is O=C(CCl)NC1CCCN(c2ncccn2)C1. The number of anilines is 1. The summed E-state index contributed by atoms with van der Waals surface area (Å²) in [7, 11) is 0. The molecule has 0 spiro atoms. The molecule has 17 heavy (non-hydrogen) atoms. The van der Waals surface area contributed by atoms with Gasteiger partial charge in [-0.15, -0.1) is 11.6 Å². The van der Waals surface area contributed by atoms with E-state index in [1.165, 1.54) is 0 Å². The molecule has 0 aliphatic carbocycles. The van der Waals surface area contributed by atoms with Gasteiger partial charge >= 0.3 is 0 Å².